The van der Waals surface area contributed by atoms with E-state index in [2.05, 4.69) is 5.32 Å². The molecule has 2 aromatic carbocycles. The van der Waals surface area contributed by atoms with Crippen molar-refractivity contribution in [3.05, 3.63) is 64.1 Å². The Labute approximate surface area is 111 Å². The highest BCUT2D eigenvalue weighted by Gasteiger charge is 2.01. The number of rotatable bonds is 4. The second-order valence-corrected chi connectivity index (χ2v) is 4.62. The molecule has 0 aliphatic carbocycles. The molecule has 0 aliphatic heterocycles. The predicted molar refractivity (Wildman–Crippen MR) is 75.1 cm³/mol. The molecule has 0 bridgehead atoms. The van der Waals surface area contributed by atoms with Gasteiger partial charge in [0.2, 0.25) is 0 Å². The third-order valence-electron chi connectivity index (χ3n) is 2.51. The monoisotopic (exact) mass is 265 g/mol. The van der Waals surface area contributed by atoms with Gasteiger partial charge in [0.05, 0.1) is 0 Å². The third kappa shape index (κ3) is 3.65. The van der Waals surface area contributed by atoms with Gasteiger partial charge in [-0.15, -0.1) is 0 Å². The first-order valence-corrected chi connectivity index (χ1v) is 6.24. The van der Waals surface area contributed by atoms with Crippen molar-refractivity contribution < 1.29 is 0 Å². The zero-order chi connectivity index (χ0) is 12.1. The smallest absolute Gasteiger partial charge is 0.0439 e. The number of benzene rings is 2. The molecule has 2 rings (SSSR count). The maximum Gasteiger partial charge on any atom is 0.0439 e. The van der Waals surface area contributed by atoms with E-state index in [-0.39, 0.29) is 0 Å². The van der Waals surface area contributed by atoms with E-state index >= 15 is 0 Å². The molecule has 1 N–H and O–H groups in total. The van der Waals surface area contributed by atoms with Crippen LogP contribution in [0.15, 0.2) is 48.5 Å². The summed E-state index contributed by atoms with van der Waals surface area (Å²) in [7, 11) is 0. The molecule has 0 radical (unpaired) electrons. The molecule has 0 heterocycles. The number of halogens is 2. The van der Waals surface area contributed by atoms with Crippen LogP contribution in [0.25, 0.3) is 0 Å². The van der Waals surface area contributed by atoms with Gasteiger partial charge in [-0.3, -0.25) is 0 Å². The predicted octanol–water partition coefficient (Wildman–Crippen LogP) is 4.65. The first kappa shape index (κ1) is 12.3. The van der Waals surface area contributed by atoms with Crippen LogP contribution in [0, 0.1) is 0 Å². The summed E-state index contributed by atoms with van der Waals surface area (Å²) >= 11 is 12.0. The number of hydrogen-bond acceptors (Lipinski definition) is 1. The molecule has 0 saturated heterocycles. The topological polar surface area (TPSA) is 12.0 Å². The van der Waals surface area contributed by atoms with Gasteiger partial charge in [0, 0.05) is 22.3 Å². The molecule has 0 unspecified atom stereocenters. The van der Waals surface area contributed by atoms with Crippen LogP contribution in [0.3, 0.4) is 0 Å². The Kier molecular flexibility index (Phi) is 4.29. The van der Waals surface area contributed by atoms with E-state index in [0.717, 1.165) is 34.3 Å². The van der Waals surface area contributed by atoms with Crippen molar-refractivity contribution >= 4 is 28.9 Å². The fourth-order valence-corrected chi connectivity index (χ4v) is 2.04. The van der Waals surface area contributed by atoms with Gasteiger partial charge >= 0.3 is 0 Å². The first-order valence-electron chi connectivity index (χ1n) is 5.48. The molecule has 0 spiro atoms. The summed E-state index contributed by atoms with van der Waals surface area (Å²) in [6, 6.07) is 15.7. The minimum absolute atomic E-state index is 0.726. The normalized spacial score (nSPS) is 10.2. The Bertz CT molecular complexity index is 483. The van der Waals surface area contributed by atoms with E-state index in [9.17, 15) is 0 Å². The Morgan fingerprint density at radius 2 is 1.71 bits per heavy atom. The van der Waals surface area contributed by atoms with Crippen molar-refractivity contribution in [2.45, 2.75) is 6.42 Å². The quantitative estimate of drug-likeness (QED) is 0.849. The highest BCUT2D eigenvalue weighted by molar-refractivity contribution is 6.33. The molecule has 0 fully saturated rings. The molecule has 0 atom stereocenters. The maximum atomic E-state index is 6.09. The van der Waals surface area contributed by atoms with Gasteiger partial charge in [-0.25, -0.2) is 0 Å². The number of nitrogens with one attached hydrogen (secondary N) is 1. The number of anilines is 1. The Balaban J connectivity index is 1.92. The van der Waals surface area contributed by atoms with Crippen LogP contribution in [-0.2, 0) is 6.42 Å². The molecule has 3 heteroatoms. The standard InChI is InChI=1S/C14H13Cl2N/c15-12-6-7-14(16)11(10-12)8-9-17-13-4-2-1-3-5-13/h1-7,10,17H,8-9H2. The van der Waals surface area contributed by atoms with Gasteiger partial charge in [-0.1, -0.05) is 41.4 Å². The summed E-state index contributed by atoms with van der Waals surface area (Å²) in [4.78, 5) is 0. The minimum atomic E-state index is 0.726. The van der Waals surface area contributed by atoms with Crippen molar-refractivity contribution in [3.63, 3.8) is 0 Å². The summed E-state index contributed by atoms with van der Waals surface area (Å²) in [6.45, 7) is 0.837. The van der Waals surface area contributed by atoms with Crippen LogP contribution in [0.1, 0.15) is 5.56 Å². The van der Waals surface area contributed by atoms with Gasteiger partial charge < -0.3 is 5.32 Å². The largest absolute Gasteiger partial charge is 0.385 e. The van der Waals surface area contributed by atoms with Crippen LogP contribution in [0.2, 0.25) is 10.0 Å². The van der Waals surface area contributed by atoms with Crippen LogP contribution in [0.4, 0.5) is 5.69 Å². The minimum Gasteiger partial charge on any atom is -0.385 e. The van der Waals surface area contributed by atoms with E-state index in [1.807, 2.05) is 42.5 Å². The third-order valence-corrected chi connectivity index (χ3v) is 3.11. The molecular weight excluding hydrogens is 253 g/mol. The molecule has 0 saturated carbocycles. The lowest BCUT2D eigenvalue weighted by Gasteiger charge is -2.07. The van der Waals surface area contributed by atoms with E-state index in [1.165, 1.54) is 0 Å². The van der Waals surface area contributed by atoms with E-state index in [4.69, 9.17) is 23.2 Å². The van der Waals surface area contributed by atoms with Gasteiger partial charge in [-0.2, -0.15) is 0 Å². The second kappa shape index (κ2) is 5.95. The molecule has 17 heavy (non-hydrogen) atoms. The highest BCUT2D eigenvalue weighted by atomic mass is 35.5. The van der Waals surface area contributed by atoms with Gasteiger partial charge in [0.25, 0.3) is 0 Å². The summed E-state index contributed by atoms with van der Waals surface area (Å²) in [5, 5.41) is 4.83. The lowest BCUT2D eigenvalue weighted by Crippen LogP contribution is -2.04. The van der Waals surface area contributed by atoms with E-state index in [1.54, 1.807) is 6.07 Å². The Morgan fingerprint density at radius 3 is 2.47 bits per heavy atom. The summed E-state index contributed by atoms with van der Waals surface area (Å²) in [5.41, 5.74) is 2.19. The van der Waals surface area contributed by atoms with Crippen molar-refractivity contribution in [3.8, 4) is 0 Å². The van der Waals surface area contributed by atoms with Crippen molar-refractivity contribution in [1.82, 2.24) is 0 Å². The van der Waals surface area contributed by atoms with Gasteiger partial charge in [0.15, 0.2) is 0 Å². The molecule has 2 aromatic rings. The van der Waals surface area contributed by atoms with E-state index < -0.39 is 0 Å². The Hall–Kier alpha value is -1.18. The number of hydrogen-bond donors (Lipinski definition) is 1. The molecule has 0 aromatic heterocycles. The molecule has 0 amide bonds. The van der Waals surface area contributed by atoms with Crippen molar-refractivity contribution in [2.24, 2.45) is 0 Å². The van der Waals surface area contributed by atoms with Crippen molar-refractivity contribution in [1.29, 1.82) is 0 Å². The average Bonchev–Trinajstić information content (AvgIpc) is 2.35. The lowest BCUT2D eigenvalue weighted by atomic mass is 10.1. The molecule has 88 valence electrons. The first-order chi connectivity index (χ1) is 8.25. The summed E-state index contributed by atoms with van der Waals surface area (Å²) in [5.74, 6) is 0. The maximum absolute atomic E-state index is 6.09. The van der Waals surface area contributed by atoms with Crippen LogP contribution in [-0.4, -0.2) is 6.54 Å². The van der Waals surface area contributed by atoms with Crippen molar-refractivity contribution in [2.75, 3.05) is 11.9 Å². The summed E-state index contributed by atoms with van der Waals surface area (Å²) in [6.07, 6.45) is 0.855. The summed E-state index contributed by atoms with van der Waals surface area (Å²) < 4.78 is 0. The van der Waals surface area contributed by atoms with Crippen LogP contribution >= 0.6 is 23.2 Å². The van der Waals surface area contributed by atoms with Crippen LogP contribution in [0.5, 0.6) is 0 Å². The molecule has 0 aliphatic rings. The van der Waals surface area contributed by atoms with Crippen LogP contribution < -0.4 is 5.32 Å². The average molecular weight is 266 g/mol. The zero-order valence-electron chi connectivity index (χ0n) is 9.29. The van der Waals surface area contributed by atoms with Gasteiger partial charge in [-0.05, 0) is 42.3 Å². The highest BCUT2D eigenvalue weighted by Crippen LogP contribution is 2.21. The molecular formula is C14H13Cl2N. The zero-order valence-corrected chi connectivity index (χ0v) is 10.8. The number of para-hydroxylation sites is 1. The molecule has 1 nitrogen and oxygen atoms in total. The second-order valence-electron chi connectivity index (χ2n) is 3.78. The van der Waals surface area contributed by atoms with Gasteiger partial charge in [0.1, 0.15) is 0 Å². The SMILES string of the molecule is Clc1ccc(Cl)c(CCNc2ccccc2)c1. The van der Waals surface area contributed by atoms with E-state index in [0.29, 0.717) is 0 Å². The fourth-order valence-electron chi connectivity index (χ4n) is 1.63. The fraction of sp³-hybridized carbons (Fsp3) is 0.143. The lowest BCUT2D eigenvalue weighted by molar-refractivity contribution is 1.02. The Morgan fingerprint density at radius 1 is 0.941 bits per heavy atom.